The Labute approximate surface area is 89.8 Å². The standard InChI is InChI=1S/C12H15N3/c1-10-5-6-13-9-12(10)14-8-11-4-3-7-15(11)2/h3-7,9,14H,8H2,1-2H3. The van der Waals surface area contributed by atoms with Crippen molar-refractivity contribution in [2.45, 2.75) is 13.5 Å². The van der Waals surface area contributed by atoms with E-state index in [0.717, 1.165) is 12.2 Å². The first-order valence-corrected chi connectivity index (χ1v) is 5.02. The molecular formula is C12H15N3. The second-order valence-corrected chi connectivity index (χ2v) is 3.65. The molecule has 0 aliphatic rings. The zero-order valence-electron chi connectivity index (χ0n) is 9.07. The molecule has 1 N–H and O–H groups in total. The molecule has 0 radical (unpaired) electrons. The summed E-state index contributed by atoms with van der Waals surface area (Å²) >= 11 is 0. The minimum Gasteiger partial charge on any atom is -0.378 e. The number of nitrogens with zero attached hydrogens (tertiary/aromatic N) is 2. The summed E-state index contributed by atoms with van der Waals surface area (Å²) in [7, 11) is 2.05. The molecular weight excluding hydrogens is 186 g/mol. The first-order chi connectivity index (χ1) is 7.27. The van der Waals surface area contributed by atoms with Crippen molar-refractivity contribution in [1.82, 2.24) is 9.55 Å². The third-order valence-corrected chi connectivity index (χ3v) is 2.55. The number of anilines is 1. The molecule has 2 aromatic heterocycles. The van der Waals surface area contributed by atoms with Crippen molar-refractivity contribution in [2.75, 3.05) is 5.32 Å². The van der Waals surface area contributed by atoms with Gasteiger partial charge in [0, 0.05) is 25.1 Å². The van der Waals surface area contributed by atoms with Crippen LogP contribution in [0.4, 0.5) is 5.69 Å². The molecule has 0 spiro atoms. The zero-order chi connectivity index (χ0) is 10.7. The Morgan fingerprint density at radius 3 is 2.93 bits per heavy atom. The van der Waals surface area contributed by atoms with E-state index in [1.807, 2.05) is 37.8 Å². The van der Waals surface area contributed by atoms with Crippen LogP contribution in [0.2, 0.25) is 0 Å². The van der Waals surface area contributed by atoms with Crippen LogP contribution in [0.1, 0.15) is 11.3 Å². The molecule has 0 atom stereocenters. The lowest BCUT2D eigenvalue weighted by molar-refractivity contribution is 0.841. The van der Waals surface area contributed by atoms with Gasteiger partial charge in [0.05, 0.1) is 18.4 Å². The fourth-order valence-electron chi connectivity index (χ4n) is 1.51. The van der Waals surface area contributed by atoms with Crippen LogP contribution in [0, 0.1) is 6.92 Å². The third kappa shape index (κ3) is 2.18. The maximum Gasteiger partial charge on any atom is 0.0559 e. The fourth-order valence-corrected chi connectivity index (χ4v) is 1.51. The summed E-state index contributed by atoms with van der Waals surface area (Å²) < 4.78 is 2.11. The molecule has 3 nitrogen and oxygen atoms in total. The van der Waals surface area contributed by atoms with Gasteiger partial charge >= 0.3 is 0 Å². The summed E-state index contributed by atoms with van der Waals surface area (Å²) in [6.45, 7) is 2.91. The maximum absolute atomic E-state index is 4.10. The smallest absolute Gasteiger partial charge is 0.0559 e. The normalized spacial score (nSPS) is 10.3. The summed E-state index contributed by atoms with van der Waals surface area (Å²) in [5.74, 6) is 0. The van der Waals surface area contributed by atoms with Gasteiger partial charge in [0.1, 0.15) is 0 Å². The highest BCUT2D eigenvalue weighted by Gasteiger charge is 1.99. The first kappa shape index (κ1) is 9.77. The Bertz CT molecular complexity index is 446. The van der Waals surface area contributed by atoms with Crippen molar-refractivity contribution in [3.63, 3.8) is 0 Å². The van der Waals surface area contributed by atoms with Crippen molar-refractivity contribution < 1.29 is 0 Å². The van der Waals surface area contributed by atoms with Crippen LogP contribution in [-0.4, -0.2) is 9.55 Å². The van der Waals surface area contributed by atoms with E-state index < -0.39 is 0 Å². The molecule has 3 heteroatoms. The van der Waals surface area contributed by atoms with Gasteiger partial charge < -0.3 is 9.88 Å². The van der Waals surface area contributed by atoms with E-state index in [1.54, 1.807) is 0 Å². The van der Waals surface area contributed by atoms with E-state index in [1.165, 1.54) is 11.3 Å². The van der Waals surface area contributed by atoms with Gasteiger partial charge in [-0.3, -0.25) is 4.98 Å². The Morgan fingerprint density at radius 2 is 2.27 bits per heavy atom. The maximum atomic E-state index is 4.10. The van der Waals surface area contributed by atoms with Gasteiger partial charge in [0.2, 0.25) is 0 Å². The summed E-state index contributed by atoms with van der Waals surface area (Å²) in [5.41, 5.74) is 3.58. The minimum absolute atomic E-state index is 0.829. The molecule has 0 saturated carbocycles. The molecule has 0 aliphatic carbocycles. The lowest BCUT2D eigenvalue weighted by atomic mass is 10.2. The van der Waals surface area contributed by atoms with Crippen LogP contribution >= 0.6 is 0 Å². The molecule has 0 fully saturated rings. The lowest BCUT2D eigenvalue weighted by Crippen LogP contribution is -2.05. The monoisotopic (exact) mass is 201 g/mol. The molecule has 0 aromatic carbocycles. The Morgan fingerprint density at radius 1 is 1.40 bits per heavy atom. The molecule has 2 rings (SSSR count). The van der Waals surface area contributed by atoms with E-state index in [9.17, 15) is 0 Å². The summed E-state index contributed by atoms with van der Waals surface area (Å²) in [6.07, 6.45) is 5.72. The van der Waals surface area contributed by atoms with Crippen LogP contribution in [0.3, 0.4) is 0 Å². The number of hydrogen-bond donors (Lipinski definition) is 1. The molecule has 0 amide bonds. The van der Waals surface area contributed by atoms with E-state index in [4.69, 9.17) is 0 Å². The van der Waals surface area contributed by atoms with Crippen molar-refractivity contribution in [2.24, 2.45) is 7.05 Å². The van der Waals surface area contributed by atoms with Crippen molar-refractivity contribution in [3.05, 3.63) is 48.0 Å². The van der Waals surface area contributed by atoms with E-state index in [2.05, 4.69) is 27.9 Å². The minimum atomic E-state index is 0.829. The van der Waals surface area contributed by atoms with Crippen LogP contribution in [0.15, 0.2) is 36.8 Å². The van der Waals surface area contributed by atoms with Gasteiger partial charge in [-0.25, -0.2) is 0 Å². The van der Waals surface area contributed by atoms with E-state index >= 15 is 0 Å². The van der Waals surface area contributed by atoms with Gasteiger partial charge in [-0.15, -0.1) is 0 Å². The average molecular weight is 201 g/mol. The number of aryl methyl sites for hydroxylation is 2. The highest BCUT2D eigenvalue weighted by molar-refractivity contribution is 5.48. The highest BCUT2D eigenvalue weighted by atomic mass is 15.0. The Kier molecular flexibility index (Phi) is 2.72. The second-order valence-electron chi connectivity index (χ2n) is 3.65. The van der Waals surface area contributed by atoms with Crippen LogP contribution in [0.25, 0.3) is 0 Å². The quantitative estimate of drug-likeness (QED) is 0.826. The predicted molar refractivity (Wildman–Crippen MR) is 61.7 cm³/mol. The summed E-state index contributed by atoms with van der Waals surface area (Å²) in [6, 6.07) is 6.17. The predicted octanol–water partition coefficient (Wildman–Crippen LogP) is 2.34. The van der Waals surface area contributed by atoms with E-state index in [0.29, 0.717) is 0 Å². The van der Waals surface area contributed by atoms with Gasteiger partial charge in [0.15, 0.2) is 0 Å². The fraction of sp³-hybridized carbons (Fsp3) is 0.250. The van der Waals surface area contributed by atoms with Crippen LogP contribution in [-0.2, 0) is 13.6 Å². The molecule has 0 unspecified atom stereocenters. The number of aromatic nitrogens is 2. The highest BCUT2D eigenvalue weighted by Crippen LogP contribution is 2.12. The largest absolute Gasteiger partial charge is 0.378 e. The van der Waals surface area contributed by atoms with Crippen molar-refractivity contribution in [3.8, 4) is 0 Å². The van der Waals surface area contributed by atoms with Gasteiger partial charge in [-0.2, -0.15) is 0 Å². The molecule has 15 heavy (non-hydrogen) atoms. The number of rotatable bonds is 3. The molecule has 0 aliphatic heterocycles. The number of nitrogens with one attached hydrogen (secondary N) is 1. The van der Waals surface area contributed by atoms with Gasteiger partial charge in [-0.05, 0) is 30.7 Å². The SMILES string of the molecule is Cc1ccncc1NCc1cccn1C. The molecule has 2 heterocycles. The zero-order valence-corrected chi connectivity index (χ0v) is 9.07. The first-order valence-electron chi connectivity index (χ1n) is 5.02. The van der Waals surface area contributed by atoms with E-state index in [-0.39, 0.29) is 0 Å². The van der Waals surface area contributed by atoms with Crippen molar-refractivity contribution >= 4 is 5.69 Å². The number of hydrogen-bond acceptors (Lipinski definition) is 2. The molecule has 2 aromatic rings. The molecule has 0 bridgehead atoms. The number of pyridine rings is 1. The van der Waals surface area contributed by atoms with Crippen molar-refractivity contribution in [1.29, 1.82) is 0 Å². The Hall–Kier alpha value is -1.77. The second kappa shape index (κ2) is 4.17. The third-order valence-electron chi connectivity index (χ3n) is 2.55. The van der Waals surface area contributed by atoms with Crippen LogP contribution in [0.5, 0.6) is 0 Å². The van der Waals surface area contributed by atoms with Gasteiger partial charge in [-0.1, -0.05) is 0 Å². The average Bonchev–Trinajstić information content (AvgIpc) is 2.63. The van der Waals surface area contributed by atoms with Gasteiger partial charge in [0.25, 0.3) is 0 Å². The summed E-state index contributed by atoms with van der Waals surface area (Å²) in [5, 5.41) is 3.37. The van der Waals surface area contributed by atoms with Crippen LogP contribution < -0.4 is 5.32 Å². The lowest BCUT2D eigenvalue weighted by Gasteiger charge is -2.09. The Balaban J connectivity index is 2.06. The topological polar surface area (TPSA) is 29.9 Å². The molecule has 78 valence electrons. The summed E-state index contributed by atoms with van der Waals surface area (Å²) in [4.78, 5) is 4.10. The molecule has 0 saturated heterocycles.